The van der Waals surface area contributed by atoms with Crippen molar-refractivity contribution in [2.75, 3.05) is 13.2 Å². The SMILES string of the molecule is CCOC(=O)COc1ccc(C(C)(C)C)cc1CO[SiH](c1ccccc1)c1ccccc1. The van der Waals surface area contributed by atoms with Crippen LogP contribution in [0.25, 0.3) is 0 Å². The molecule has 0 unspecified atom stereocenters. The van der Waals surface area contributed by atoms with Crippen molar-refractivity contribution >= 4 is 25.4 Å². The average molecular weight is 449 g/mol. The Bertz CT molecular complexity index is 958. The zero-order valence-corrected chi connectivity index (χ0v) is 20.5. The van der Waals surface area contributed by atoms with E-state index in [2.05, 4.69) is 75.4 Å². The third kappa shape index (κ3) is 6.55. The number of hydrogen-bond acceptors (Lipinski definition) is 4. The van der Waals surface area contributed by atoms with Gasteiger partial charge in [0.2, 0.25) is 9.04 Å². The molecule has 3 aromatic rings. The second-order valence-corrected chi connectivity index (χ2v) is 11.1. The van der Waals surface area contributed by atoms with Gasteiger partial charge in [-0.1, -0.05) is 87.5 Å². The van der Waals surface area contributed by atoms with Crippen LogP contribution in [0.5, 0.6) is 5.75 Å². The quantitative estimate of drug-likeness (QED) is 0.367. The number of carbonyl (C=O) groups is 1. The zero-order chi connectivity index (χ0) is 23.0. The van der Waals surface area contributed by atoms with Crippen LogP contribution in [0, 0.1) is 0 Å². The van der Waals surface area contributed by atoms with Crippen molar-refractivity contribution in [2.24, 2.45) is 0 Å². The summed E-state index contributed by atoms with van der Waals surface area (Å²) in [6, 6.07) is 26.9. The number of ether oxygens (including phenoxy) is 2. The largest absolute Gasteiger partial charge is 0.482 e. The first-order chi connectivity index (χ1) is 15.4. The van der Waals surface area contributed by atoms with E-state index in [1.807, 2.05) is 24.3 Å². The van der Waals surface area contributed by atoms with Crippen LogP contribution in [0.15, 0.2) is 78.9 Å². The molecule has 0 atom stereocenters. The molecule has 3 aromatic carbocycles. The van der Waals surface area contributed by atoms with Gasteiger partial charge in [0, 0.05) is 5.56 Å². The van der Waals surface area contributed by atoms with Crippen molar-refractivity contribution in [1.82, 2.24) is 0 Å². The zero-order valence-electron chi connectivity index (χ0n) is 19.3. The number of benzene rings is 3. The fourth-order valence-electron chi connectivity index (χ4n) is 3.45. The summed E-state index contributed by atoms with van der Waals surface area (Å²) < 4.78 is 17.4. The number of rotatable bonds is 9. The Kier molecular flexibility index (Phi) is 8.25. The van der Waals surface area contributed by atoms with Crippen molar-refractivity contribution < 1.29 is 18.7 Å². The highest BCUT2D eigenvalue weighted by atomic mass is 28.3. The molecule has 0 radical (unpaired) electrons. The van der Waals surface area contributed by atoms with E-state index < -0.39 is 9.04 Å². The van der Waals surface area contributed by atoms with Crippen LogP contribution in [0.4, 0.5) is 0 Å². The van der Waals surface area contributed by atoms with Gasteiger partial charge in [0.05, 0.1) is 13.2 Å². The van der Waals surface area contributed by atoms with Crippen LogP contribution in [0.3, 0.4) is 0 Å². The minimum atomic E-state index is -1.90. The van der Waals surface area contributed by atoms with E-state index in [4.69, 9.17) is 13.9 Å². The van der Waals surface area contributed by atoms with Crippen molar-refractivity contribution in [1.29, 1.82) is 0 Å². The summed E-state index contributed by atoms with van der Waals surface area (Å²) in [5.41, 5.74) is 2.12. The minimum Gasteiger partial charge on any atom is -0.482 e. The van der Waals surface area contributed by atoms with Gasteiger partial charge < -0.3 is 13.9 Å². The molecule has 4 nitrogen and oxygen atoms in total. The number of hydrogen-bond donors (Lipinski definition) is 0. The van der Waals surface area contributed by atoms with Crippen LogP contribution in [-0.4, -0.2) is 28.2 Å². The highest BCUT2D eigenvalue weighted by Crippen LogP contribution is 2.29. The van der Waals surface area contributed by atoms with Crippen LogP contribution in [-0.2, 0) is 26.0 Å². The molecule has 0 aromatic heterocycles. The van der Waals surface area contributed by atoms with Gasteiger partial charge in [0.15, 0.2) is 6.61 Å². The van der Waals surface area contributed by atoms with Crippen molar-refractivity contribution in [2.45, 2.75) is 39.7 Å². The summed E-state index contributed by atoms with van der Waals surface area (Å²) >= 11 is 0. The topological polar surface area (TPSA) is 44.8 Å². The van der Waals surface area contributed by atoms with E-state index >= 15 is 0 Å². The summed E-state index contributed by atoms with van der Waals surface area (Å²) in [6.07, 6.45) is 0. The van der Waals surface area contributed by atoms with Gasteiger partial charge in [-0.15, -0.1) is 0 Å². The molecular formula is C27H32O4Si. The third-order valence-electron chi connectivity index (χ3n) is 5.19. The molecule has 0 amide bonds. The van der Waals surface area contributed by atoms with Gasteiger partial charge in [-0.05, 0) is 40.4 Å². The molecular weight excluding hydrogens is 416 g/mol. The van der Waals surface area contributed by atoms with Gasteiger partial charge in [0.25, 0.3) is 0 Å². The molecule has 0 N–H and O–H groups in total. The molecule has 0 fully saturated rings. The first-order valence-electron chi connectivity index (χ1n) is 11.0. The summed E-state index contributed by atoms with van der Waals surface area (Å²) in [6.45, 7) is 8.94. The first-order valence-corrected chi connectivity index (χ1v) is 12.6. The lowest BCUT2D eigenvalue weighted by molar-refractivity contribution is -0.145. The molecule has 0 saturated carbocycles. The predicted octanol–water partition coefficient (Wildman–Crippen LogP) is 3.98. The molecule has 0 heterocycles. The summed E-state index contributed by atoms with van der Waals surface area (Å²) in [4.78, 5) is 11.8. The lowest BCUT2D eigenvalue weighted by Gasteiger charge is -2.23. The maximum atomic E-state index is 11.8. The second-order valence-electron chi connectivity index (χ2n) is 8.68. The van der Waals surface area contributed by atoms with Crippen LogP contribution < -0.4 is 15.1 Å². The number of esters is 1. The van der Waals surface area contributed by atoms with E-state index in [0.717, 1.165) is 5.56 Å². The lowest BCUT2D eigenvalue weighted by atomic mass is 9.86. The standard InChI is InChI=1S/C27H32O4Si/c1-5-29-26(28)20-30-25-17-16-22(27(2,3)4)18-21(25)19-31-32(23-12-8-6-9-13-23)24-14-10-7-11-15-24/h6-18,32H,5,19-20H2,1-4H3. The second kappa shape index (κ2) is 11.1. The summed E-state index contributed by atoms with van der Waals surface area (Å²) in [5, 5.41) is 2.44. The number of carbonyl (C=O) groups excluding carboxylic acids is 1. The van der Waals surface area contributed by atoms with Crippen LogP contribution in [0.2, 0.25) is 0 Å². The Morgan fingerprint density at radius 2 is 1.47 bits per heavy atom. The highest BCUT2D eigenvalue weighted by molar-refractivity contribution is 6.80. The third-order valence-corrected chi connectivity index (χ3v) is 7.67. The van der Waals surface area contributed by atoms with Gasteiger partial charge in [-0.2, -0.15) is 0 Å². The first kappa shape index (κ1) is 23.8. The Labute approximate surface area is 192 Å². The minimum absolute atomic E-state index is 0.00981. The van der Waals surface area contributed by atoms with E-state index in [1.165, 1.54) is 15.9 Å². The van der Waals surface area contributed by atoms with E-state index in [9.17, 15) is 4.79 Å². The van der Waals surface area contributed by atoms with Crippen LogP contribution in [0.1, 0.15) is 38.8 Å². The van der Waals surface area contributed by atoms with Gasteiger partial charge in [-0.3, -0.25) is 0 Å². The van der Waals surface area contributed by atoms with Gasteiger partial charge in [-0.25, -0.2) is 4.79 Å². The Balaban J connectivity index is 1.87. The van der Waals surface area contributed by atoms with Gasteiger partial charge >= 0.3 is 5.97 Å². The molecule has 0 aliphatic rings. The smallest absolute Gasteiger partial charge is 0.344 e. The maximum Gasteiger partial charge on any atom is 0.344 e. The van der Waals surface area contributed by atoms with Crippen molar-refractivity contribution in [3.63, 3.8) is 0 Å². The highest BCUT2D eigenvalue weighted by Gasteiger charge is 2.21. The fraction of sp³-hybridized carbons (Fsp3) is 0.296. The molecule has 32 heavy (non-hydrogen) atoms. The van der Waals surface area contributed by atoms with Gasteiger partial charge in [0.1, 0.15) is 5.75 Å². The normalized spacial score (nSPS) is 11.4. The van der Waals surface area contributed by atoms with Crippen molar-refractivity contribution in [3.05, 3.63) is 90.0 Å². The average Bonchev–Trinajstić information content (AvgIpc) is 2.79. The fourth-order valence-corrected chi connectivity index (χ4v) is 5.71. The molecule has 0 spiro atoms. The Morgan fingerprint density at radius 1 is 0.875 bits per heavy atom. The molecule has 0 saturated heterocycles. The van der Waals surface area contributed by atoms with E-state index in [0.29, 0.717) is 19.0 Å². The molecule has 0 aliphatic carbocycles. The summed E-state index contributed by atoms with van der Waals surface area (Å²) in [5.74, 6) is 0.278. The Morgan fingerprint density at radius 3 is 2.00 bits per heavy atom. The molecule has 0 aliphatic heterocycles. The monoisotopic (exact) mass is 448 g/mol. The molecule has 0 bridgehead atoms. The Hall–Kier alpha value is -2.89. The molecule has 5 heteroatoms. The lowest BCUT2D eigenvalue weighted by Crippen LogP contribution is -2.44. The summed E-state index contributed by atoms with van der Waals surface area (Å²) in [7, 11) is -1.90. The van der Waals surface area contributed by atoms with E-state index in [1.54, 1.807) is 6.92 Å². The predicted molar refractivity (Wildman–Crippen MR) is 131 cm³/mol. The van der Waals surface area contributed by atoms with Crippen molar-refractivity contribution in [3.8, 4) is 5.75 Å². The van der Waals surface area contributed by atoms with E-state index in [-0.39, 0.29) is 18.0 Å². The maximum absolute atomic E-state index is 11.8. The molecule has 168 valence electrons. The van der Waals surface area contributed by atoms with Crippen LogP contribution >= 0.6 is 0 Å². The molecule has 3 rings (SSSR count).